The van der Waals surface area contributed by atoms with Gasteiger partial charge in [0.1, 0.15) is 6.54 Å². The highest BCUT2D eigenvalue weighted by atomic mass is 32.1. The Kier molecular flexibility index (Phi) is 4.67. The van der Waals surface area contributed by atoms with Crippen LogP contribution in [0.4, 0.5) is 18.9 Å². The fraction of sp³-hybridized carbons (Fsp3) is 0.267. The first-order valence-electron chi connectivity index (χ1n) is 6.32. The highest BCUT2D eigenvalue weighted by Crippen LogP contribution is 2.24. The molecule has 0 aliphatic rings. The zero-order chi connectivity index (χ0) is 15.5. The van der Waals surface area contributed by atoms with Crippen LogP contribution in [0, 0.1) is 6.92 Å². The number of halogens is 3. The first-order chi connectivity index (χ1) is 9.85. The van der Waals surface area contributed by atoms with Gasteiger partial charge in [0, 0.05) is 15.4 Å². The molecule has 0 aliphatic carbocycles. The maximum atomic E-state index is 12.7. The number of nitrogens with zero attached hydrogens (tertiary/aromatic N) is 1. The van der Waals surface area contributed by atoms with E-state index in [0.29, 0.717) is 0 Å². The number of thiophene rings is 1. The molecule has 0 aliphatic heterocycles. The first-order valence-corrected chi connectivity index (χ1v) is 7.14. The summed E-state index contributed by atoms with van der Waals surface area (Å²) in [4.78, 5) is 14.8. The van der Waals surface area contributed by atoms with Gasteiger partial charge < -0.3 is 4.90 Å². The van der Waals surface area contributed by atoms with Gasteiger partial charge in [-0.1, -0.05) is 18.2 Å². The lowest BCUT2D eigenvalue weighted by Gasteiger charge is -2.24. The van der Waals surface area contributed by atoms with Gasteiger partial charge >= 0.3 is 6.18 Å². The van der Waals surface area contributed by atoms with Crippen molar-refractivity contribution in [2.45, 2.75) is 19.5 Å². The second kappa shape index (κ2) is 6.30. The maximum absolute atomic E-state index is 12.7. The lowest BCUT2D eigenvalue weighted by Crippen LogP contribution is -2.39. The molecule has 1 amide bonds. The Bertz CT molecular complexity index is 607. The van der Waals surface area contributed by atoms with Crippen LogP contribution in [0.25, 0.3) is 0 Å². The van der Waals surface area contributed by atoms with E-state index < -0.39 is 18.6 Å². The van der Waals surface area contributed by atoms with E-state index in [4.69, 9.17) is 0 Å². The minimum absolute atomic E-state index is 0.0243. The minimum Gasteiger partial charge on any atom is -0.303 e. The number of para-hydroxylation sites is 1. The van der Waals surface area contributed by atoms with Gasteiger partial charge in [-0.3, -0.25) is 4.79 Å². The number of hydrogen-bond acceptors (Lipinski definition) is 2. The van der Waals surface area contributed by atoms with Gasteiger partial charge in [-0.25, -0.2) is 0 Å². The molecule has 0 unspecified atom stereocenters. The Morgan fingerprint density at radius 3 is 2.33 bits per heavy atom. The molecule has 21 heavy (non-hydrogen) atoms. The Balaban J connectivity index is 2.20. The molecule has 112 valence electrons. The van der Waals surface area contributed by atoms with Gasteiger partial charge in [-0.15, -0.1) is 11.3 Å². The summed E-state index contributed by atoms with van der Waals surface area (Å²) >= 11 is 1.42. The van der Waals surface area contributed by atoms with Gasteiger partial charge in [0.25, 0.3) is 0 Å². The third-order valence-electron chi connectivity index (χ3n) is 2.83. The summed E-state index contributed by atoms with van der Waals surface area (Å²) in [6, 6.07) is 11.6. The molecule has 0 spiro atoms. The monoisotopic (exact) mass is 313 g/mol. The number of alkyl halides is 3. The molecular formula is C15H14F3NOS. The predicted molar refractivity (Wildman–Crippen MR) is 77.6 cm³/mol. The average molecular weight is 313 g/mol. The molecular weight excluding hydrogens is 299 g/mol. The van der Waals surface area contributed by atoms with Crippen LogP contribution in [0.15, 0.2) is 42.5 Å². The Labute approximate surface area is 124 Å². The van der Waals surface area contributed by atoms with Crippen molar-refractivity contribution in [3.63, 3.8) is 0 Å². The molecule has 2 nitrogen and oxygen atoms in total. The van der Waals surface area contributed by atoms with Gasteiger partial charge in [-0.2, -0.15) is 13.2 Å². The smallest absolute Gasteiger partial charge is 0.303 e. The van der Waals surface area contributed by atoms with Crippen molar-refractivity contribution in [2.75, 3.05) is 11.4 Å². The van der Waals surface area contributed by atoms with Crippen molar-refractivity contribution in [2.24, 2.45) is 0 Å². The standard InChI is InChI=1S/C15H14F3NOS/c1-11-7-8-13(21-11)9-14(20)19(10-15(16,17)18)12-5-3-2-4-6-12/h2-8H,9-10H2,1H3. The van der Waals surface area contributed by atoms with Crippen molar-refractivity contribution in [3.8, 4) is 0 Å². The summed E-state index contributed by atoms with van der Waals surface area (Å²) in [7, 11) is 0. The molecule has 1 aromatic heterocycles. The fourth-order valence-electron chi connectivity index (χ4n) is 1.94. The predicted octanol–water partition coefficient (Wildman–Crippen LogP) is 4.19. The Morgan fingerprint density at radius 2 is 1.81 bits per heavy atom. The van der Waals surface area contributed by atoms with Crippen LogP contribution >= 0.6 is 11.3 Å². The third-order valence-corrected chi connectivity index (χ3v) is 3.83. The number of benzene rings is 1. The summed E-state index contributed by atoms with van der Waals surface area (Å²) in [5.74, 6) is -0.555. The molecule has 0 radical (unpaired) electrons. The molecule has 0 saturated heterocycles. The van der Waals surface area contributed by atoms with Gasteiger partial charge in [0.2, 0.25) is 5.91 Å². The maximum Gasteiger partial charge on any atom is 0.406 e. The van der Waals surface area contributed by atoms with E-state index >= 15 is 0 Å². The summed E-state index contributed by atoms with van der Waals surface area (Å²) in [6.07, 6.45) is -4.46. The largest absolute Gasteiger partial charge is 0.406 e. The van der Waals surface area contributed by atoms with E-state index in [1.807, 2.05) is 13.0 Å². The highest BCUT2D eigenvalue weighted by Gasteiger charge is 2.33. The Hall–Kier alpha value is -1.82. The van der Waals surface area contributed by atoms with E-state index in [-0.39, 0.29) is 12.1 Å². The number of carbonyl (C=O) groups is 1. The number of aryl methyl sites for hydroxylation is 1. The number of carbonyl (C=O) groups excluding carboxylic acids is 1. The zero-order valence-electron chi connectivity index (χ0n) is 11.4. The minimum atomic E-state index is -4.43. The lowest BCUT2D eigenvalue weighted by molar-refractivity contribution is -0.132. The first kappa shape index (κ1) is 15.6. The summed E-state index contributed by atoms with van der Waals surface area (Å²) < 4.78 is 38.1. The van der Waals surface area contributed by atoms with Crippen molar-refractivity contribution in [3.05, 3.63) is 52.2 Å². The van der Waals surface area contributed by atoms with E-state index in [9.17, 15) is 18.0 Å². The molecule has 2 aromatic rings. The van der Waals surface area contributed by atoms with Crippen LogP contribution in [0.2, 0.25) is 0 Å². The van der Waals surface area contributed by atoms with Gasteiger partial charge in [0.15, 0.2) is 0 Å². The van der Waals surface area contributed by atoms with Crippen molar-refractivity contribution >= 4 is 22.9 Å². The molecule has 1 aromatic carbocycles. The van der Waals surface area contributed by atoms with Crippen molar-refractivity contribution in [1.29, 1.82) is 0 Å². The van der Waals surface area contributed by atoms with Crippen molar-refractivity contribution < 1.29 is 18.0 Å². The SMILES string of the molecule is Cc1ccc(CC(=O)N(CC(F)(F)F)c2ccccc2)s1. The summed E-state index contributed by atoms with van der Waals surface area (Å²) in [5.41, 5.74) is 0.258. The lowest BCUT2D eigenvalue weighted by atomic mass is 10.2. The molecule has 2 rings (SSSR count). The molecule has 0 fully saturated rings. The molecule has 0 atom stereocenters. The van der Waals surface area contributed by atoms with Crippen LogP contribution in [0.1, 0.15) is 9.75 Å². The molecule has 6 heteroatoms. The zero-order valence-corrected chi connectivity index (χ0v) is 12.2. The summed E-state index contributed by atoms with van der Waals surface area (Å²) in [6.45, 7) is 0.615. The quantitative estimate of drug-likeness (QED) is 0.828. The molecule has 0 saturated carbocycles. The number of hydrogen-bond donors (Lipinski definition) is 0. The topological polar surface area (TPSA) is 20.3 Å². The molecule has 0 N–H and O–H groups in total. The van der Waals surface area contributed by atoms with Crippen LogP contribution in [0.5, 0.6) is 0 Å². The van der Waals surface area contributed by atoms with Gasteiger partial charge in [0.05, 0.1) is 6.42 Å². The van der Waals surface area contributed by atoms with Crippen LogP contribution in [-0.4, -0.2) is 18.6 Å². The second-order valence-corrected chi connectivity index (χ2v) is 5.99. The number of amides is 1. The van der Waals surface area contributed by atoms with Crippen LogP contribution in [-0.2, 0) is 11.2 Å². The Morgan fingerprint density at radius 1 is 1.14 bits per heavy atom. The van der Waals surface area contributed by atoms with Crippen LogP contribution < -0.4 is 4.90 Å². The number of anilines is 1. The normalized spacial score (nSPS) is 11.4. The summed E-state index contributed by atoms with van der Waals surface area (Å²) in [5, 5.41) is 0. The van der Waals surface area contributed by atoms with E-state index in [1.165, 1.54) is 23.5 Å². The van der Waals surface area contributed by atoms with Crippen molar-refractivity contribution in [1.82, 2.24) is 0 Å². The van der Waals surface area contributed by atoms with E-state index in [1.54, 1.807) is 24.3 Å². The average Bonchev–Trinajstić information content (AvgIpc) is 2.81. The number of rotatable bonds is 4. The fourth-order valence-corrected chi connectivity index (χ4v) is 2.82. The molecule has 0 bridgehead atoms. The third kappa shape index (κ3) is 4.60. The van der Waals surface area contributed by atoms with E-state index in [2.05, 4.69) is 0 Å². The van der Waals surface area contributed by atoms with Crippen LogP contribution in [0.3, 0.4) is 0 Å². The van der Waals surface area contributed by atoms with E-state index in [0.717, 1.165) is 14.7 Å². The second-order valence-electron chi connectivity index (χ2n) is 4.62. The molecule has 1 heterocycles. The highest BCUT2D eigenvalue weighted by molar-refractivity contribution is 7.12. The van der Waals surface area contributed by atoms with Gasteiger partial charge in [-0.05, 0) is 31.2 Å².